The maximum absolute atomic E-state index is 11.2. The van der Waals surface area contributed by atoms with Crippen LogP contribution in [0.5, 0.6) is 5.88 Å². The van der Waals surface area contributed by atoms with E-state index < -0.39 is 0 Å². The number of pyridine rings is 1. The lowest BCUT2D eigenvalue weighted by molar-refractivity contribution is 0.241. The van der Waals surface area contributed by atoms with Gasteiger partial charge in [0.15, 0.2) is 0 Å². The molecule has 0 aliphatic rings. The Labute approximate surface area is 94.5 Å². The number of nitrogens with zero attached hydrogens (tertiary/aromatic N) is 1. The number of rotatable bonds is 5. The molecule has 2 amide bonds. The van der Waals surface area contributed by atoms with Gasteiger partial charge in [-0.3, -0.25) is 0 Å². The summed E-state index contributed by atoms with van der Waals surface area (Å²) >= 11 is 0. The Hall–Kier alpha value is -2.04. The molecule has 5 heteroatoms. The highest BCUT2D eigenvalue weighted by molar-refractivity contribution is 5.74. The van der Waals surface area contributed by atoms with E-state index in [0.717, 1.165) is 5.56 Å². The molecule has 5 nitrogen and oxygen atoms in total. The van der Waals surface area contributed by atoms with Crippen molar-refractivity contribution < 1.29 is 9.53 Å². The first-order chi connectivity index (χ1) is 7.77. The van der Waals surface area contributed by atoms with Gasteiger partial charge < -0.3 is 15.4 Å². The molecule has 16 heavy (non-hydrogen) atoms. The number of ether oxygens (including phenoxy) is 1. The van der Waals surface area contributed by atoms with Crippen LogP contribution in [-0.2, 0) is 6.54 Å². The fourth-order valence-electron chi connectivity index (χ4n) is 1.15. The Bertz CT molecular complexity index is 366. The Morgan fingerprint density at radius 1 is 1.62 bits per heavy atom. The maximum Gasteiger partial charge on any atom is 0.315 e. The summed E-state index contributed by atoms with van der Waals surface area (Å²) in [5.41, 5.74) is 0.832. The van der Waals surface area contributed by atoms with Gasteiger partial charge in [-0.05, 0) is 6.07 Å². The summed E-state index contributed by atoms with van der Waals surface area (Å²) in [7, 11) is 1.55. The predicted octanol–water partition coefficient (Wildman–Crippen LogP) is 1.08. The Morgan fingerprint density at radius 2 is 2.44 bits per heavy atom. The number of hydrogen-bond donors (Lipinski definition) is 2. The van der Waals surface area contributed by atoms with Crippen LogP contribution in [0.2, 0.25) is 0 Å². The molecule has 0 fully saturated rings. The Morgan fingerprint density at radius 3 is 3.12 bits per heavy atom. The predicted molar refractivity (Wildman–Crippen MR) is 61.2 cm³/mol. The molecule has 1 rings (SSSR count). The van der Waals surface area contributed by atoms with Crippen LogP contribution in [0.25, 0.3) is 0 Å². The van der Waals surface area contributed by atoms with E-state index >= 15 is 0 Å². The van der Waals surface area contributed by atoms with Crippen molar-refractivity contribution >= 4 is 6.03 Å². The normalized spacial score (nSPS) is 9.31. The van der Waals surface area contributed by atoms with Crippen LogP contribution in [-0.4, -0.2) is 24.7 Å². The molecule has 0 spiro atoms. The van der Waals surface area contributed by atoms with Gasteiger partial charge in [-0.1, -0.05) is 12.1 Å². The minimum Gasteiger partial charge on any atom is -0.481 e. The van der Waals surface area contributed by atoms with E-state index in [9.17, 15) is 4.79 Å². The fraction of sp³-hybridized carbons (Fsp3) is 0.273. The smallest absolute Gasteiger partial charge is 0.315 e. The SMILES string of the molecule is C=CCNC(=O)NCc1cccnc1OC. The first-order valence-electron chi connectivity index (χ1n) is 4.88. The van der Waals surface area contributed by atoms with Gasteiger partial charge in [0, 0.05) is 24.8 Å². The average molecular weight is 221 g/mol. The summed E-state index contributed by atoms with van der Waals surface area (Å²) < 4.78 is 5.06. The van der Waals surface area contributed by atoms with E-state index in [4.69, 9.17) is 4.74 Å². The van der Waals surface area contributed by atoms with Gasteiger partial charge in [0.25, 0.3) is 0 Å². The minimum atomic E-state index is -0.245. The topological polar surface area (TPSA) is 63.2 Å². The summed E-state index contributed by atoms with van der Waals surface area (Å²) in [5.74, 6) is 0.520. The van der Waals surface area contributed by atoms with E-state index in [1.165, 1.54) is 0 Å². The molecule has 0 radical (unpaired) electrons. The van der Waals surface area contributed by atoms with Gasteiger partial charge in [0.05, 0.1) is 7.11 Å². The van der Waals surface area contributed by atoms with Crippen molar-refractivity contribution in [2.45, 2.75) is 6.54 Å². The molecule has 0 aromatic carbocycles. The van der Waals surface area contributed by atoms with Crippen molar-refractivity contribution in [3.05, 3.63) is 36.5 Å². The number of urea groups is 1. The number of methoxy groups -OCH3 is 1. The van der Waals surface area contributed by atoms with Crippen LogP contribution in [0.15, 0.2) is 31.0 Å². The zero-order valence-electron chi connectivity index (χ0n) is 9.19. The van der Waals surface area contributed by atoms with Gasteiger partial charge in [-0.25, -0.2) is 9.78 Å². The third-order valence-electron chi connectivity index (χ3n) is 1.89. The lowest BCUT2D eigenvalue weighted by atomic mass is 10.3. The molecule has 1 heterocycles. The minimum absolute atomic E-state index is 0.245. The molecule has 0 saturated heterocycles. The van der Waals surface area contributed by atoms with Gasteiger partial charge in [0.1, 0.15) is 0 Å². The largest absolute Gasteiger partial charge is 0.481 e. The number of nitrogens with one attached hydrogen (secondary N) is 2. The molecule has 0 saturated carbocycles. The molecule has 0 atom stereocenters. The van der Waals surface area contributed by atoms with Crippen molar-refractivity contribution in [3.8, 4) is 5.88 Å². The second-order valence-corrected chi connectivity index (χ2v) is 3.02. The zero-order chi connectivity index (χ0) is 11.8. The highest BCUT2D eigenvalue weighted by atomic mass is 16.5. The second-order valence-electron chi connectivity index (χ2n) is 3.02. The maximum atomic E-state index is 11.2. The van der Waals surface area contributed by atoms with Crippen LogP contribution in [0.4, 0.5) is 4.79 Å². The van der Waals surface area contributed by atoms with Crippen LogP contribution in [0.3, 0.4) is 0 Å². The van der Waals surface area contributed by atoms with Gasteiger partial charge in [-0.2, -0.15) is 0 Å². The van der Waals surface area contributed by atoms with E-state index in [-0.39, 0.29) is 6.03 Å². The molecule has 2 N–H and O–H groups in total. The standard InChI is InChI=1S/C11H15N3O2/c1-3-6-13-11(15)14-8-9-5-4-7-12-10(9)16-2/h3-5,7H,1,6,8H2,2H3,(H2,13,14,15). The summed E-state index contributed by atoms with van der Waals surface area (Å²) in [6.45, 7) is 4.32. The number of carbonyl (C=O) groups is 1. The number of carbonyl (C=O) groups excluding carboxylic acids is 1. The number of aromatic nitrogens is 1. The lowest BCUT2D eigenvalue weighted by Crippen LogP contribution is -2.35. The first kappa shape index (κ1) is 12.0. The van der Waals surface area contributed by atoms with Gasteiger partial charge in [0.2, 0.25) is 5.88 Å². The second kappa shape index (κ2) is 6.44. The molecular formula is C11H15N3O2. The zero-order valence-corrected chi connectivity index (χ0v) is 9.19. The number of amides is 2. The third kappa shape index (κ3) is 3.61. The summed E-state index contributed by atoms with van der Waals surface area (Å²) in [6, 6.07) is 3.40. The van der Waals surface area contributed by atoms with E-state index in [1.807, 2.05) is 6.07 Å². The fourth-order valence-corrected chi connectivity index (χ4v) is 1.15. The van der Waals surface area contributed by atoms with Gasteiger partial charge in [-0.15, -0.1) is 6.58 Å². The third-order valence-corrected chi connectivity index (χ3v) is 1.89. The highest BCUT2D eigenvalue weighted by Crippen LogP contribution is 2.12. The van der Waals surface area contributed by atoms with Crippen LogP contribution in [0.1, 0.15) is 5.56 Å². The molecule has 0 bridgehead atoms. The van der Waals surface area contributed by atoms with Crippen molar-refractivity contribution in [3.63, 3.8) is 0 Å². The molecule has 0 aliphatic carbocycles. The Balaban J connectivity index is 2.47. The molecular weight excluding hydrogens is 206 g/mol. The van der Waals surface area contributed by atoms with E-state index in [2.05, 4.69) is 22.2 Å². The molecule has 86 valence electrons. The molecule has 0 unspecified atom stereocenters. The molecule has 1 aromatic rings. The molecule has 0 aliphatic heterocycles. The summed E-state index contributed by atoms with van der Waals surface area (Å²) in [5, 5.41) is 5.30. The van der Waals surface area contributed by atoms with Crippen molar-refractivity contribution in [2.75, 3.05) is 13.7 Å². The van der Waals surface area contributed by atoms with Crippen molar-refractivity contribution in [1.82, 2.24) is 15.6 Å². The van der Waals surface area contributed by atoms with Crippen molar-refractivity contribution in [1.29, 1.82) is 0 Å². The summed E-state index contributed by atoms with van der Waals surface area (Å²) in [6.07, 6.45) is 3.25. The Kier molecular flexibility index (Phi) is 4.85. The van der Waals surface area contributed by atoms with Crippen molar-refractivity contribution in [2.24, 2.45) is 0 Å². The van der Waals surface area contributed by atoms with E-state index in [1.54, 1.807) is 25.4 Å². The average Bonchev–Trinajstić information content (AvgIpc) is 2.34. The quantitative estimate of drug-likeness (QED) is 0.731. The van der Waals surface area contributed by atoms with Crippen LogP contribution in [0, 0.1) is 0 Å². The van der Waals surface area contributed by atoms with Crippen LogP contribution < -0.4 is 15.4 Å². The molecule has 1 aromatic heterocycles. The lowest BCUT2D eigenvalue weighted by Gasteiger charge is -2.08. The first-order valence-corrected chi connectivity index (χ1v) is 4.88. The summed E-state index contributed by atoms with van der Waals surface area (Å²) in [4.78, 5) is 15.3. The highest BCUT2D eigenvalue weighted by Gasteiger charge is 2.04. The number of hydrogen-bond acceptors (Lipinski definition) is 3. The van der Waals surface area contributed by atoms with E-state index in [0.29, 0.717) is 19.0 Å². The van der Waals surface area contributed by atoms with Crippen LogP contribution >= 0.6 is 0 Å². The van der Waals surface area contributed by atoms with Gasteiger partial charge >= 0.3 is 6.03 Å². The monoisotopic (exact) mass is 221 g/mol.